The van der Waals surface area contributed by atoms with Crippen LogP contribution in [0.5, 0.6) is 0 Å². The molecule has 1 aromatic heterocycles. The number of aromatic nitrogens is 3. The van der Waals surface area contributed by atoms with Gasteiger partial charge in [-0.25, -0.2) is 9.67 Å². The van der Waals surface area contributed by atoms with E-state index in [-0.39, 0.29) is 23.7 Å². The van der Waals surface area contributed by atoms with E-state index >= 15 is 0 Å². The van der Waals surface area contributed by atoms with Gasteiger partial charge >= 0.3 is 0 Å². The standard InChI is InChI=1S/C20H28ClN5O/c1-4-13-25(15-9-11-22-12-10-15)20(27)18-23-19(14(2)3)26(24-18)17-8-6-5-7-16(17)21/h5-8,14-15,22H,4,9-13H2,1-3H3. The Morgan fingerprint density at radius 3 is 2.67 bits per heavy atom. The van der Waals surface area contributed by atoms with Crippen LogP contribution in [0.4, 0.5) is 0 Å². The molecule has 0 saturated carbocycles. The molecule has 1 amide bonds. The number of para-hydroxylation sites is 1. The zero-order valence-electron chi connectivity index (χ0n) is 16.3. The van der Waals surface area contributed by atoms with Crippen molar-refractivity contribution in [1.82, 2.24) is 25.0 Å². The zero-order chi connectivity index (χ0) is 19.4. The molecule has 2 heterocycles. The Morgan fingerprint density at radius 2 is 2.04 bits per heavy atom. The normalized spacial score (nSPS) is 15.3. The van der Waals surface area contributed by atoms with Gasteiger partial charge in [0.1, 0.15) is 5.82 Å². The van der Waals surface area contributed by atoms with E-state index in [1.54, 1.807) is 4.68 Å². The van der Waals surface area contributed by atoms with Crippen LogP contribution in [0.3, 0.4) is 0 Å². The van der Waals surface area contributed by atoms with Gasteiger partial charge in [-0.1, -0.05) is 44.5 Å². The van der Waals surface area contributed by atoms with Gasteiger partial charge < -0.3 is 10.2 Å². The molecule has 0 spiro atoms. The summed E-state index contributed by atoms with van der Waals surface area (Å²) in [5.74, 6) is 1.03. The van der Waals surface area contributed by atoms with Gasteiger partial charge in [-0.2, -0.15) is 0 Å². The lowest BCUT2D eigenvalue weighted by Gasteiger charge is -2.33. The van der Waals surface area contributed by atoms with E-state index in [9.17, 15) is 4.79 Å². The third kappa shape index (κ3) is 4.33. The average Bonchev–Trinajstić information content (AvgIpc) is 3.12. The minimum atomic E-state index is -0.0866. The summed E-state index contributed by atoms with van der Waals surface area (Å²) < 4.78 is 1.72. The third-order valence-corrected chi connectivity index (χ3v) is 5.21. The van der Waals surface area contributed by atoms with Crippen LogP contribution >= 0.6 is 11.6 Å². The van der Waals surface area contributed by atoms with Crippen molar-refractivity contribution in [1.29, 1.82) is 0 Å². The minimum Gasteiger partial charge on any atom is -0.333 e. The molecule has 2 aromatic rings. The van der Waals surface area contributed by atoms with E-state index in [0.717, 1.165) is 50.4 Å². The maximum Gasteiger partial charge on any atom is 0.293 e. The first-order valence-electron chi connectivity index (χ1n) is 9.76. The fourth-order valence-electron chi connectivity index (χ4n) is 3.53. The average molecular weight is 390 g/mol. The second kappa shape index (κ2) is 8.85. The van der Waals surface area contributed by atoms with Gasteiger partial charge in [0.05, 0.1) is 10.7 Å². The van der Waals surface area contributed by atoms with Crippen LogP contribution in [0.1, 0.15) is 62.4 Å². The van der Waals surface area contributed by atoms with E-state index in [1.807, 2.05) is 43.0 Å². The minimum absolute atomic E-state index is 0.0866. The quantitative estimate of drug-likeness (QED) is 0.819. The lowest BCUT2D eigenvalue weighted by Crippen LogP contribution is -2.46. The first-order chi connectivity index (χ1) is 13.0. The number of hydrogen-bond donors (Lipinski definition) is 1. The summed E-state index contributed by atoms with van der Waals surface area (Å²) in [4.78, 5) is 19.8. The molecule has 146 valence electrons. The number of amides is 1. The second-order valence-electron chi connectivity index (χ2n) is 7.29. The first-order valence-corrected chi connectivity index (χ1v) is 10.1. The van der Waals surface area contributed by atoms with Gasteiger partial charge in [0, 0.05) is 18.5 Å². The molecule has 6 nitrogen and oxygen atoms in total. The molecule has 27 heavy (non-hydrogen) atoms. The maximum atomic E-state index is 13.3. The predicted octanol–water partition coefficient (Wildman–Crippen LogP) is 3.65. The van der Waals surface area contributed by atoms with Crippen LogP contribution < -0.4 is 5.32 Å². The van der Waals surface area contributed by atoms with E-state index in [0.29, 0.717) is 5.02 Å². The van der Waals surface area contributed by atoms with Crippen molar-refractivity contribution < 1.29 is 4.79 Å². The van der Waals surface area contributed by atoms with Gasteiger partial charge in [0.2, 0.25) is 5.82 Å². The third-order valence-electron chi connectivity index (χ3n) is 4.90. The number of benzene rings is 1. The van der Waals surface area contributed by atoms with Crippen molar-refractivity contribution in [2.45, 2.75) is 52.0 Å². The molecule has 7 heteroatoms. The Hall–Kier alpha value is -1.92. The molecule has 0 unspecified atom stereocenters. The number of carbonyl (C=O) groups excluding carboxylic acids is 1. The topological polar surface area (TPSA) is 63.1 Å². The molecule has 0 bridgehead atoms. The Balaban J connectivity index is 1.96. The highest BCUT2D eigenvalue weighted by Crippen LogP contribution is 2.24. The Morgan fingerprint density at radius 1 is 1.33 bits per heavy atom. The number of halogens is 1. The SMILES string of the molecule is CCCN(C(=O)c1nc(C(C)C)n(-c2ccccc2Cl)n1)C1CCNCC1. The van der Waals surface area contributed by atoms with Crippen LogP contribution in [-0.2, 0) is 0 Å². The summed E-state index contributed by atoms with van der Waals surface area (Å²) in [6, 6.07) is 7.75. The zero-order valence-corrected chi connectivity index (χ0v) is 17.0. The van der Waals surface area contributed by atoms with Crippen molar-refractivity contribution in [3.05, 3.63) is 40.9 Å². The van der Waals surface area contributed by atoms with Crippen LogP contribution in [0.2, 0.25) is 5.02 Å². The lowest BCUT2D eigenvalue weighted by molar-refractivity contribution is 0.0630. The van der Waals surface area contributed by atoms with Crippen molar-refractivity contribution in [3.63, 3.8) is 0 Å². The smallest absolute Gasteiger partial charge is 0.293 e. The molecule has 1 saturated heterocycles. The van der Waals surface area contributed by atoms with Crippen molar-refractivity contribution >= 4 is 17.5 Å². The summed E-state index contributed by atoms with van der Waals surface area (Å²) in [5, 5.41) is 8.52. The molecule has 1 N–H and O–H groups in total. The molecule has 0 aliphatic carbocycles. The number of nitrogens with one attached hydrogen (secondary N) is 1. The highest BCUT2D eigenvalue weighted by Gasteiger charge is 2.29. The molecule has 1 aromatic carbocycles. The van der Waals surface area contributed by atoms with Crippen LogP contribution in [0, 0.1) is 0 Å². The summed E-state index contributed by atoms with van der Waals surface area (Å²) in [5.41, 5.74) is 0.748. The van der Waals surface area contributed by atoms with Crippen LogP contribution in [0.15, 0.2) is 24.3 Å². The summed E-state index contributed by atoms with van der Waals surface area (Å²) >= 11 is 6.37. The Labute approximate surface area is 165 Å². The second-order valence-corrected chi connectivity index (χ2v) is 7.70. The number of nitrogens with zero attached hydrogens (tertiary/aromatic N) is 4. The fourth-order valence-corrected chi connectivity index (χ4v) is 3.74. The Bertz CT molecular complexity index is 782. The van der Waals surface area contributed by atoms with E-state index in [1.165, 1.54) is 0 Å². The molecule has 3 rings (SSSR count). The molecule has 0 atom stereocenters. The number of piperidine rings is 1. The molecular weight excluding hydrogens is 362 g/mol. The predicted molar refractivity (Wildman–Crippen MR) is 108 cm³/mol. The number of hydrogen-bond acceptors (Lipinski definition) is 4. The van der Waals surface area contributed by atoms with Gasteiger partial charge in [0.25, 0.3) is 5.91 Å². The highest BCUT2D eigenvalue weighted by molar-refractivity contribution is 6.32. The van der Waals surface area contributed by atoms with Crippen LogP contribution in [-0.4, -0.2) is 51.2 Å². The Kier molecular flexibility index (Phi) is 6.50. The number of carbonyl (C=O) groups is 1. The maximum absolute atomic E-state index is 13.3. The van der Waals surface area contributed by atoms with Gasteiger partial charge in [-0.05, 0) is 44.5 Å². The summed E-state index contributed by atoms with van der Waals surface area (Å²) in [7, 11) is 0. The van der Waals surface area contributed by atoms with Gasteiger partial charge in [0.15, 0.2) is 0 Å². The molecular formula is C20H28ClN5O. The molecule has 0 radical (unpaired) electrons. The van der Waals surface area contributed by atoms with Crippen LogP contribution in [0.25, 0.3) is 5.69 Å². The van der Waals surface area contributed by atoms with Crippen molar-refractivity contribution in [2.24, 2.45) is 0 Å². The van der Waals surface area contributed by atoms with Gasteiger partial charge in [-0.3, -0.25) is 4.79 Å². The van der Waals surface area contributed by atoms with Crippen molar-refractivity contribution in [2.75, 3.05) is 19.6 Å². The summed E-state index contributed by atoms with van der Waals surface area (Å²) in [6.07, 6.45) is 2.85. The fraction of sp³-hybridized carbons (Fsp3) is 0.550. The van der Waals surface area contributed by atoms with E-state index < -0.39 is 0 Å². The lowest BCUT2D eigenvalue weighted by atomic mass is 10.0. The molecule has 1 aliphatic heterocycles. The van der Waals surface area contributed by atoms with Crippen molar-refractivity contribution in [3.8, 4) is 5.69 Å². The highest BCUT2D eigenvalue weighted by atomic mass is 35.5. The van der Waals surface area contributed by atoms with E-state index in [2.05, 4.69) is 22.3 Å². The number of rotatable bonds is 6. The van der Waals surface area contributed by atoms with Gasteiger partial charge in [-0.15, -0.1) is 5.10 Å². The summed E-state index contributed by atoms with van der Waals surface area (Å²) in [6.45, 7) is 8.79. The van der Waals surface area contributed by atoms with E-state index in [4.69, 9.17) is 11.6 Å². The molecule has 1 aliphatic rings. The first kappa shape index (κ1) is 19.8. The largest absolute Gasteiger partial charge is 0.333 e. The molecule has 1 fully saturated rings. The monoisotopic (exact) mass is 389 g/mol.